The van der Waals surface area contributed by atoms with E-state index in [0.29, 0.717) is 16.4 Å². The smallest absolute Gasteiger partial charge is 0.0951 e. The predicted molar refractivity (Wildman–Crippen MR) is 85.3 cm³/mol. The van der Waals surface area contributed by atoms with E-state index in [1.807, 2.05) is 30.3 Å². The molecule has 100 valence electrons. The second-order valence-electron chi connectivity index (χ2n) is 4.46. The summed E-state index contributed by atoms with van der Waals surface area (Å²) in [6, 6.07) is 13.0. The number of rotatable bonds is 2. The lowest BCUT2D eigenvalue weighted by atomic mass is 10.1. The van der Waals surface area contributed by atoms with Gasteiger partial charge in [-0.1, -0.05) is 11.6 Å². The number of hydrogen-bond acceptors (Lipinski definition) is 4. The second kappa shape index (κ2) is 4.90. The lowest BCUT2D eigenvalue weighted by Gasteiger charge is -2.11. The maximum Gasteiger partial charge on any atom is 0.0951 e. The van der Waals surface area contributed by atoms with Gasteiger partial charge in [-0.05, 0) is 42.5 Å². The number of pyridine rings is 1. The van der Waals surface area contributed by atoms with Gasteiger partial charge in [0.05, 0.1) is 27.6 Å². The lowest BCUT2D eigenvalue weighted by molar-refractivity contribution is 1.40. The van der Waals surface area contributed by atoms with Crippen LogP contribution in [-0.2, 0) is 0 Å². The average molecular weight is 285 g/mol. The van der Waals surface area contributed by atoms with E-state index < -0.39 is 0 Å². The van der Waals surface area contributed by atoms with Crippen molar-refractivity contribution in [1.29, 1.82) is 0 Å². The molecule has 0 bridgehead atoms. The Balaban J connectivity index is 2.06. The fraction of sp³-hybridized carbons (Fsp3) is 0. The van der Waals surface area contributed by atoms with Crippen molar-refractivity contribution >= 4 is 45.3 Å². The van der Waals surface area contributed by atoms with Crippen molar-refractivity contribution in [3.8, 4) is 0 Å². The van der Waals surface area contributed by atoms with Crippen LogP contribution in [0.3, 0.4) is 0 Å². The third kappa shape index (κ3) is 2.21. The maximum atomic E-state index is 6.17. The molecule has 0 fully saturated rings. The maximum absolute atomic E-state index is 6.17. The van der Waals surface area contributed by atoms with E-state index in [1.165, 1.54) is 0 Å². The number of nitrogens with two attached hydrogens (primary N) is 2. The Bertz CT molecular complexity index is 786. The molecule has 0 aliphatic rings. The molecule has 1 heterocycles. The first kappa shape index (κ1) is 12.6. The summed E-state index contributed by atoms with van der Waals surface area (Å²) in [6.07, 6.45) is 1.74. The largest absolute Gasteiger partial charge is 0.397 e. The first-order valence-corrected chi connectivity index (χ1v) is 6.48. The van der Waals surface area contributed by atoms with E-state index in [1.54, 1.807) is 18.3 Å². The van der Waals surface area contributed by atoms with E-state index in [9.17, 15) is 0 Å². The zero-order chi connectivity index (χ0) is 14.1. The minimum Gasteiger partial charge on any atom is -0.397 e. The summed E-state index contributed by atoms with van der Waals surface area (Å²) < 4.78 is 0. The number of nitrogen functional groups attached to an aromatic ring is 2. The van der Waals surface area contributed by atoms with Crippen LogP contribution in [0.4, 0.5) is 22.7 Å². The average Bonchev–Trinajstić information content (AvgIpc) is 2.46. The number of benzene rings is 2. The number of nitrogens with zero attached hydrogens (tertiary/aromatic N) is 1. The van der Waals surface area contributed by atoms with Gasteiger partial charge in [-0.2, -0.15) is 0 Å². The molecule has 0 saturated heterocycles. The highest BCUT2D eigenvalue weighted by Gasteiger charge is 2.06. The summed E-state index contributed by atoms with van der Waals surface area (Å²) >= 11 is 6.17. The molecule has 3 rings (SSSR count). The molecular weight excluding hydrogens is 272 g/mol. The third-order valence-electron chi connectivity index (χ3n) is 3.08. The van der Waals surface area contributed by atoms with Crippen molar-refractivity contribution in [3.05, 3.63) is 53.7 Å². The first-order chi connectivity index (χ1) is 9.65. The van der Waals surface area contributed by atoms with E-state index in [-0.39, 0.29) is 0 Å². The number of nitrogens with one attached hydrogen (secondary N) is 1. The zero-order valence-corrected chi connectivity index (χ0v) is 11.4. The Morgan fingerprint density at radius 2 is 1.85 bits per heavy atom. The van der Waals surface area contributed by atoms with Gasteiger partial charge in [0.2, 0.25) is 0 Å². The molecule has 5 N–H and O–H groups in total. The summed E-state index contributed by atoms with van der Waals surface area (Å²) in [7, 11) is 0. The van der Waals surface area contributed by atoms with Crippen LogP contribution < -0.4 is 16.8 Å². The molecule has 0 amide bonds. The fourth-order valence-corrected chi connectivity index (χ4v) is 2.26. The molecule has 0 aliphatic carbocycles. The lowest BCUT2D eigenvalue weighted by Crippen LogP contribution is -1.97. The van der Waals surface area contributed by atoms with Gasteiger partial charge in [0.15, 0.2) is 0 Å². The molecule has 20 heavy (non-hydrogen) atoms. The topological polar surface area (TPSA) is 77.0 Å². The number of halogens is 1. The van der Waals surface area contributed by atoms with E-state index in [2.05, 4.69) is 10.3 Å². The van der Waals surface area contributed by atoms with Crippen molar-refractivity contribution in [3.63, 3.8) is 0 Å². The Morgan fingerprint density at radius 3 is 2.65 bits per heavy atom. The molecule has 0 aliphatic heterocycles. The highest BCUT2D eigenvalue weighted by molar-refractivity contribution is 6.35. The number of hydrogen-bond donors (Lipinski definition) is 3. The van der Waals surface area contributed by atoms with Crippen LogP contribution in [0, 0.1) is 0 Å². The third-order valence-corrected chi connectivity index (χ3v) is 3.41. The fourth-order valence-electron chi connectivity index (χ4n) is 2.05. The molecule has 2 aromatic carbocycles. The van der Waals surface area contributed by atoms with Gasteiger partial charge >= 0.3 is 0 Å². The Hall–Kier alpha value is -2.46. The minimum atomic E-state index is 0.543. The first-order valence-electron chi connectivity index (χ1n) is 6.10. The van der Waals surface area contributed by atoms with Crippen LogP contribution in [0.2, 0.25) is 5.02 Å². The Kier molecular flexibility index (Phi) is 3.08. The molecule has 4 nitrogen and oxygen atoms in total. The van der Waals surface area contributed by atoms with Crippen molar-refractivity contribution in [2.75, 3.05) is 16.8 Å². The highest BCUT2D eigenvalue weighted by Crippen LogP contribution is 2.31. The van der Waals surface area contributed by atoms with Crippen molar-refractivity contribution in [1.82, 2.24) is 4.98 Å². The van der Waals surface area contributed by atoms with Gasteiger partial charge in [-0.15, -0.1) is 0 Å². The van der Waals surface area contributed by atoms with Crippen molar-refractivity contribution in [2.45, 2.75) is 0 Å². The Morgan fingerprint density at radius 1 is 1.00 bits per heavy atom. The predicted octanol–water partition coefficient (Wildman–Crippen LogP) is 3.80. The van der Waals surface area contributed by atoms with Crippen LogP contribution in [0.5, 0.6) is 0 Å². The van der Waals surface area contributed by atoms with Gasteiger partial charge in [-0.25, -0.2) is 0 Å². The minimum absolute atomic E-state index is 0.543. The van der Waals surface area contributed by atoms with Crippen molar-refractivity contribution in [2.24, 2.45) is 0 Å². The van der Waals surface area contributed by atoms with Gasteiger partial charge in [-0.3, -0.25) is 4.98 Å². The van der Waals surface area contributed by atoms with Crippen LogP contribution >= 0.6 is 11.6 Å². The monoisotopic (exact) mass is 284 g/mol. The van der Waals surface area contributed by atoms with E-state index in [4.69, 9.17) is 23.1 Å². The number of aromatic nitrogens is 1. The summed E-state index contributed by atoms with van der Waals surface area (Å²) in [6.45, 7) is 0. The SMILES string of the molecule is Nc1ccc(Nc2ccc(Cl)c3cccnc23)cc1N. The molecule has 0 saturated carbocycles. The molecule has 0 atom stereocenters. The molecule has 0 spiro atoms. The standard InChI is InChI=1S/C15H13ClN4/c16-11-4-6-14(15-10(11)2-1-7-19-15)20-9-3-5-12(17)13(18)8-9/h1-8,20H,17-18H2. The number of fused-ring (bicyclic) bond motifs is 1. The number of anilines is 4. The van der Waals surface area contributed by atoms with Crippen molar-refractivity contribution < 1.29 is 0 Å². The van der Waals surface area contributed by atoms with Gasteiger partial charge < -0.3 is 16.8 Å². The molecule has 5 heteroatoms. The summed E-state index contributed by atoms with van der Waals surface area (Å²) in [5.74, 6) is 0. The van der Waals surface area contributed by atoms with Crippen LogP contribution in [-0.4, -0.2) is 4.98 Å². The van der Waals surface area contributed by atoms with Crippen LogP contribution in [0.25, 0.3) is 10.9 Å². The molecule has 3 aromatic rings. The van der Waals surface area contributed by atoms with E-state index in [0.717, 1.165) is 22.3 Å². The quantitative estimate of drug-likeness (QED) is 0.626. The van der Waals surface area contributed by atoms with E-state index >= 15 is 0 Å². The normalized spacial score (nSPS) is 10.7. The zero-order valence-electron chi connectivity index (χ0n) is 10.6. The van der Waals surface area contributed by atoms with Gasteiger partial charge in [0.1, 0.15) is 0 Å². The summed E-state index contributed by atoms with van der Waals surface area (Å²) in [5.41, 5.74) is 15.2. The summed E-state index contributed by atoms with van der Waals surface area (Å²) in [4.78, 5) is 4.38. The second-order valence-corrected chi connectivity index (χ2v) is 4.87. The molecule has 1 aromatic heterocycles. The van der Waals surface area contributed by atoms with Gasteiger partial charge in [0, 0.05) is 17.3 Å². The molecule has 0 unspecified atom stereocenters. The highest BCUT2D eigenvalue weighted by atomic mass is 35.5. The molecular formula is C15H13ClN4. The molecule has 0 radical (unpaired) electrons. The van der Waals surface area contributed by atoms with Crippen LogP contribution in [0.15, 0.2) is 48.7 Å². The van der Waals surface area contributed by atoms with Gasteiger partial charge in [0.25, 0.3) is 0 Å². The summed E-state index contributed by atoms with van der Waals surface area (Å²) in [5, 5.41) is 4.87. The van der Waals surface area contributed by atoms with Crippen LogP contribution in [0.1, 0.15) is 0 Å². The Labute approximate surface area is 121 Å².